The van der Waals surface area contributed by atoms with E-state index in [9.17, 15) is 0 Å². The predicted molar refractivity (Wildman–Crippen MR) is 64.9 cm³/mol. The van der Waals surface area contributed by atoms with Crippen LogP contribution in [0.15, 0.2) is 6.33 Å². The minimum atomic E-state index is -0.148. The van der Waals surface area contributed by atoms with Crippen molar-refractivity contribution in [3.63, 3.8) is 0 Å². The molecule has 6 nitrogen and oxygen atoms in total. The van der Waals surface area contributed by atoms with Crippen LogP contribution in [0.4, 0.5) is 11.6 Å². The van der Waals surface area contributed by atoms with Gasteiger partial charge in [0.1, 0.15) is 18.0 Å². The normalized spacial score (nSPS) is 20.6. The third kappa shape index (κ3) is 2.48. The van der Waals surface area contributed by atoms with Gasteiger partial charge in [0, 0.05) is 18.7 Å². The Balaban J connectivity index is 2.24. The summed E-state index contributed by atoms with van der Waals surface area (Å²) in [4.78, 5) is 10.4. The Morgan fingerprint density at radius 1 is 1.59 bits per heavy atom. The maximum atomic E-state index is 9.13. The number of nitrogens with zero attached hydrogens (tertiary/aromatic N) is 3. The fourth-order valence-corrected chi connectivity index (χ4v) is 2.05. The molecule has 0 radical (unpaired) electrons. The average molecular weight is 238 g/mol. The first-order chi connectivity index (χ1) is 8.26. The molecular formula is C11H18N4O2. The van der Waals surface area contributed by atoms with E-state index in [0.29, 0.717) is 19.0 Å². The Bertz CT molecular complexity index is 386. The molecule has 3 N–H and O–H groups in total. The predicted octanol–water partition coefficient (Wildman–Crippen LogP) is -0.181. The van der Waals surface area contributed by atoms with E-state index < -0.39 is 0 Å². The van der Waals surface area contributed by atoms with E-state index in [0.717, 1.165) is 24.3 Å². The van der Waals surface area contributed by atoms with Crippen molar-refractivity contribution < 1.29 is 9.84 Å². The van der Waals surface area contributed by atoms with Crippen LogP contribution in [0.1, 0.15) is 12.5 Å². The Kier molecular flexibility index (Phi) is 3.75. The van der Waals surface area contributed by atoms with Gasteiger partial charge in [-0.15, -0.1) is 0 Å². The van der Waals surface area contributed by atoms with E-state index in [-0.39, 0.29) is 12.7 Å². The molecule has 2 heterocycles. The summed E-state index contributed by atoms with van der Waals surface area (Å²) in [7, 11) is 0. The van der Waals surface area contributed by atoms with Gasteiger partial charge in [0.25, 0.3) is 0 Å². The minimum Gasteiger partial charge on any atom is -0.394 e. The number of ether oxygens (including phenoxy) is 1. The molecule has 1 aromatic heterocycles. The molecule has 1 fully saturated rings. The van der Waals surface area contributed by atoms with Gasteiger partial charge in [-0.2, -0.15) is 0 Å². The number of nitrogen functional groups attached to an aromatic ring is 1. The highest BCUT2D eigenvalue weighted by Gasteiger charge is 2.23. The van der Waals surface area contributed by atoms with Crippen LogP contribution in [0.2, 0.25) is 0 Å². The SMILES string of the molecule is CCc1c(N)ncnc1N1CCOC(CO)C1. The van der Waals surface area contributed by atoms with E-state index in [4.69, 9.17) is 15.6 Å². The Morgan fingerprint density at radius 2 is 2.41 bits per heavy atom. The molecule has 6 heteroatoms. The lowest BCUT2D eigenvalue weighted by molar-refractivity contribution is 0.00332. The second-order valence-electron chi connectivity index (χ2n) is 4.04. The van der Waals surface area contributed by atoms with Crippen LogP contribution in [-0.4, -0.2) is 47.5 Å². The maximum Gasteiger partial charge on any atom is 0.137 e. The standard InChI is InChI=1S/C11H18N4O2/c1-2-9-10(12)13-7-14-11(9)15-3-4-17-8(5-15)6-16/h7-8,16H,2-6H2,1H3,(H2,12,13,14). The molecule has 0 aliphatic carbocycles. The van der Waals surface area contributed by atoms with Gasteiger partial charge in [0.15, 0.2) is 0 Å². The van der Waals surface area contributed by atoms with Crippen LogP contribution in [0.5, 0.6) is 0 Å². The van der Waals surface area contributed by atoms with Crippen LogP contribution in [0.25, 0.3) is 0 Å². The number of nitrogens with two attached hydrogens (primary N) is 1. The van der Waals surface area contributed by atoms with Crippen molar-refractivity contribution in [2.45, 2.75) is 19.4 Å². The first-order valence-electron chi connectivity index (χ1n) is 5.83. The zero-order chi connectivity index (χ0) is 12.3. The van der Waals surface area contributed by atoms with Crippen LogP contribution < -0.4 is 10.6 Å². The van der Waals surface area contributed by atoms with Crippen molar-refractivity contribution in [3.05, 3.63) is 11.9 Å². The number of aromatic nitrogens is 2. The van der Waals surface area contributed by atoms with Crippen molar-refractivity contribution >= 4 is 11.6 Å². The van der Waals surface area contributed by atoms with Gasteiger partial charge in [0.2, 0.25) is 0 Å². The summed E-state index contributed by atoms with van der Waals surface area (Å²) < 4.78 is 5.42. The van der Waals surface area contributed by atoms with Gasteiger partial charge >= 0.3 is 0 Å². The van der Waals surface area contributed by atoms with Crippen LogP contribution in [0.3, 0.4) is 0 Å². The van der Waals surface area contributed by atoms with Gasteiger partial charge in [0.05, 0.1) is 19.3 Å². The number of hydrogen-bond acceptors (Lipinski definition) is 6. The molecule has 0 bridgehead atoms. The number of anilines is 2. The molecule has 1 saturated heterocycles. The zero-order valence-electron chi connectivity index (χ0n) is 9.96. The van der Waals surface area contributed by atoms with E-state index in [1.54, 1.807) is 0 Å². The number of aliphatic hydroxyl groups excluding tert-OH is 1. The average Bonchev–Trinajstić information content (AvgIpc) is 2.38. The Hall–Kier alpha value is -1.40. The third-order valence-corrected chi connectivity index (χ3v) is 2.95. The summed E-state index contributed by atoms with van der Waals surface area (Å²) in [5.74, 6) is 1.39. The van der Waals surface area contributed by atoms with Crippen molar-refractivity contribution in [2.24, 2.45) is 0 Å². The highest BCUT2D eigenvalue weighted by Crippen LogP contribution is 2.23. The second-order valence-corrected chi connectivity index (χ2v) is 4.04. The molecule has 1 aliphatic rings. The highest BCUT2D eigenvalue weighted by molar-refractivity contribution is 5.56. The molecule has 1 atom stereocenters. The molecule has 1 unspecified atom stereocenters. The molecule has 0 amide bonds. The lowest BCUT2D eigenvalue weighted by Crippen LogP contribution is -2.44. The Morgan fingerprint density at radius 3 is 3.12 bits per heavy atom. The van der Waals surface area contributed by atoms with Crippen LogP contribution >= 0.6 is 0 Å². The lowest BCUT2D eigenvalue weighted by Gasteiger charge is -2.33. The van der Waals surface area contributed by atoms with Crippen molar-refractivity contribution in [1.29, 1.82) is 0 Å². The zero-order valence-corrected chi connectivity index (χ0v) is 9.96. The monoisotopic (exact) mass is 238 g/mol. The summed E-state index contributed by atoms with van der Waals surface area (Å²) in [6, 6.07) is 0. The fourth-order valence-electron chi connectivity index (χ4n) is 2.05. The fraction of sp³-hybridized carbons (Fsp3) is 0.636. The summed E-state index contributed by atoms with van der Waals surface area (Å²) in [6.07, 6.45) is 2.13. The van der Waals surface area contributed by atoms with Gasteiger partial charge in [-0.1, -0.05) is 6.92 Å². The third-order valence-electron chi connectivity index (χ3n) is 2.95. The molecule has 1 aromatic rings. The van der Waals surface area contributed by atoms with E-state index in [2.05, 4.69) is 14.9 Å². The summed E-state index contributed by atoms with van der Waals surface area (Å²) >= 11 is 0. The van der Waals surface area contributed by atoms with E-state index >= 15 is 0 Å². The Labute approximate surface area is 100 Å². The number of morpholine rings is 1. The van der Waals surface area contributed by atoms with Gasteiger partial charge in [-0.05, 0) is 6.42 Å². The number of aliphatic hydroxyl groups is 1. The van der Waals surface area contributed by atoms with E-state index in [1.807, 2.05) is 6.92 Å². The van der Waals surface area contributed by atoms with Crippen molar-refractivity contribution in [2.75, 3.05) is 36.9 Å². The number of hydrogen-bond donors (Lipinski definition) is 2. The summed E-state index contributed by atoms with van der Waals surface area (Å²) in [5, 5.41) is 9.13. The quantitative estimate of drug-likeness (QED) is 0.760. The first kappa shape index (κ1) is 12.1. The summed E-state index contributed by atoms with van der Waals surface area (Å²) in [6.45, 7) is 4.05. The van der Waals surface area contributed by atoms with Gasteiger partial charge in [-0.3, -0.25) is 0 Å². The lowest BCUT2D eigenvalue weighted by atomic mass is 10.2. The summed E-state index contributed by atoms with van der Waals surface area (Å²) in [5.41, 5.74) is 6.81. The van der Waals surface area contributed by atoms with Crippen LogP contribution in [0, 0.1) is 0 Å². The molecule has 2 rings (SSSR count). The molecule has 0 spiro atoms. The maximum absolute atomic E-state index is 9.13. The second kappa shape index (κ2) is 5.29. The molecule has 0 saturated carbocycles. The largest absolute Gasteiger partial charge is 0.394 e. The highest BCUT2D eigenvalue weighted by atomic mass is 16.5. The van der Waals surface area contributed by atoms with Gasteiger partial charge < -0.3 is 20.5 Å². The molecule has 17 heavy (non-hydrogen) atoms. The number of rotatable bonds is 3. The van der Waals surface area contributed by atoms with Gasteiger partial charge in [-0.25, -0.2) is 9.97 Å². The van der Waals surface area contributed by atoms with Crippen molar-refractivity contribution in [1.82, 2.24) is 9.97 Å². The molecular weight excluding hydrogens is 220 g/mol. The minimum absolute atomic E-state index is 0.0263. The molecule has 0 aromatic carbocycles. The van der Waals surface area contributed by atoms with Crippen LogP contribution in [-0.2, 0) is 11.2 Å². The first-order valence-corrected chi connectivity index (χ1v) is 5.83. The molecule has 1 aliphatic heterocycles. The smallest absolute Gasteiger partial charge is 0.137 e. The topological polar surface area (TPSA) is 84.5 Å². The van der Waals surface area contributed by atoms with Crippen molar-refractivity contribution in [3.8, 4) is 0 Å². The molecule has 94 valence electrons. The van der Waals surface area contributed by atoms with E-state index in [1.165, 1.54) is 6.33 Å².